The van der Waals surface area contributed by atoms with E-state index in [1.807, 2.05) is 19.9 Å². The number of carbonyl (C=O) groups excluding carboxylic acids is 1. The van der Waals surface area contributed by atoms with E-state index in [1.165, 1.54) is 0 Å². The van der Waals surface area contributed by atoms with Gasteiger partial charge < -0.3 is 14.8 Å². The Morgan fingerprint density at radius 2 is 2.17 bits per heavy atom. The van der Waals surface area contributed by atoms with Gasteiger partial charge in [-0.2, -0.15) is 0 Å². The molecule has 2 aromatic carbocycles. The molecule has 0 aliphatic carbocycles. The van der Waals surface area contributed by atoms with Crippen LogP contribution in [0.5, 0.6) is 11.5 Å². The van der Waals surface area contributed by atoms with Gasteiger partial charge in [-0.15, -0.1) is 0 Å². The molecule has 0 fully saturated rings. The zero-order valence-electron chi connectivity index (χ0n) is 13.4. The first-order valence-corrected chi connectivity index (χ1v) is 8.47. The van der Waals surface area contributed by atoms with Crippen molar-refractivity contribution in [2.75, 3.05) is 11.9 Å². The van der Waals surface area contributed by atoms with Crippen molar-refractivity contribution in [3.05, 3.63) is 51.5 Å². The standard InChI is InChI=1S/C18H17Cl2NO3/c1-3-23-16-8-11-7-10(2)24-15(11)9-14(16)21-18(22)12-5-4-6-13(19)17(12)20/h4-6,8-10H,3,7H2,1-2H3,(H,21,22)/t10-/m1/s1. The van der Waals surface area contributed by atoms with Crippen molar-refractivity contribution in [2.45, 2.75) is 26.4 Å². The first-order valence-electron chi connectivity index (χ1n) is 7.71. The Hall–Kier alpha value is -1.91. The molecule has 0 aromatic heterocycles. The zero-order valence-corrected chi connectivity index (χ0v) is 14.9. The molecule has 0 spiro atoms. The smallest absolute Gasteiger partial charge is 0.257 e. The summed E-state index contributed by atoms with van der Waals surface area (Å²) in [5.41, 5.74) is 1.93. The van der Waals surface area contributed by atoms with Gasteiger partial charge in [0.2, 0.25) is 0 Å². The monoisotopic (exact) mass is 365 g/mol. The number of benzene rings is 2. The molecule has 0 unspecified atom stereocenters. The largest absolute Gasteiger partial charge is 0.492 e. The highest BCUT2D eigenvalue weighted by molar-refractivity contribution is 6.44. The van der Waals surface area contributed by atoms with Crippen molar-refractivity contribution >= 4 is 34.8 Å². The number of amides is 1. The van der Waals surface area contributed by atoms with Gasteiger partial charge in [-0.05, 0) is 32.0 Å². The van der Waals surface area contributed by atoms with Gasteiger partial charge in [-0.25, -0.2) is 0 Å². The Morgan fingerprint density at radius 1 is 1.38 bits per heavy atom. The van der Waals surface area contributed by atoms with Crippen molar-refractivity contribution < 1.29 is 14.3 Å². The van der Waals surface area contributed by atoms with Gasteiger partial charge >= 0.3 is 0 Å². The highest BCUT2D eigenvalue weighted by atomic mass is 35.5. The summed E-state index contributed by atoms with van der Waals surface area (Å²) in [5, 5.41) is 3.39. The number of fused-ring (bicyclic) bond motifs is 1. The molecule has 1 amide bonds. The summed E-state index contributed by atoms with van der Waals surface area (Å²) in [6.45, 7) is 4.39. The third-order valence-electron chi connectivity index (χ3n) is 3.74. The van der Waals surface area contributed by atoms with Gasteiger partial charge in [0.05, 0.1) is 27.9 Å². The predicted molar refractivity (Wildman–Crippen MR) is 95.8 cm³/mol. The Bertz CT molecular complexity index is 792. The van der Waals surface area contributed by atoms with Crippen molar-refractivity contribution in [3.63, 3.8) is 0 Å². The van der Waals surface area contributed by atoms with Crippen LogP contribution in [0.3, 0.4) is 0 Å². The van der Waals surface area contributed by atoms with Crippen LogP contribution in [0, 0.1) is 0 Å². The van der Waals surface area contributed by atoms with Crippen molar-refractivity contribution in [1.29, 1.82) is 0 Å². The Morgan fingerprint density at radius 3 is 2.92 bits per heavy atom. The molecule has 6 heteroatoms. The van der Waals surface area contributed by atoms with Crippen molar-refractivity contribution in [3.8, 4) is 11.5 Å². The summed E-state index contributed by atoms with van der Waals surface area (Å²) < 4.78 is 11.4. The maximum atomic E-state index is 12.6. The Kier molecular flexibility index (Phi) is 4.88. The molecule has 1 aliphatic rings. The predicted octanol–water partition coefficient (Wildman–Crippen LogP) is 4.97. The molecule has 1 N–H and O–H groups in total. The van der Waals surface area contributed by atoms with Crippen LogP contribution in [0.15, 0.2) is 30.3 Å². The van der Waals surface area contributed by atoms with Gasteiger partial charge in [0.1, 0.15) is 17.6 Å². The molecule has 1 aliphatic heterocycles. The number of anilines is 1. The molecule has 24 heavy (non-hydrogen) atoms. The average molecular weight is 366 g/mol. The molecule has 0 bridgehead atoms. The fraction of sp³-hybridized carbons (Fsp3) is 0.278. The number of carbonyl (C=O) groups is 1. The van der Waals surface area contributed by atoms with E-state index in [2.05, 4.69) is 5.32 Å². The zero-order chi connectivity index (χ0) is 17.3. The Balaban J connectivity index is 1.93. The van der Waals surface area contributed by atoms with E-state index >= 15 is 0 Å². The van der Waals surface area contributed by atoms with E-state index in [9.17, 15) is 4.79 Å². The average Bonchev–Trinajstić information content (AvgIpc) is 2.89. The maximum Gasteiger partial charge on any atom is 0.257 e. The van der Waals surface area contributed by atoms with Gasteiger partial charge in [0, 0.05) is 18.1 Å². The van der Waals surface area contributed by atoms with Crippen LogP contribution in [0.1, 0.15) is 29.8 Å². The first kappa shape index (κ1) is 16.9. The van der Waals surface area contributed by atoms with Crippen LogP contribution in [-0.2, 0) is 6.42 Å². The van der Waals surface area contributed by atoms with E-state index in [1.54, 1.807) is 24.3 Å². The van der Waals surface area contributed by atoms with Crippen molar-refractivity contribution in [2.24, 2.45) is 0 Å². The molecule has 3 rings (SSSR count). The lowest BCUT2D eigenvalue weighted by molar-refractivity contribution is 0.102. The van der Waals surface area contributed by atoms with Gasteiger partial charge in [0.15, 0.2) is 0 Å². The molecule has 0 saturated carbocycles. The van der Waals surface area contributed by atoms with E-state index in [0.29, 0.717) is 28.6 Å². The summed E-state index contributed by atoms with van der Waals surface area (Å²) in [6, 6.07) is 8.64. The lowest BCUT2D eigenvalue weighted by Gasteiger charge is -2.14. The van der Waals surface area contributed by atoms with E-state index in [-0.39, 0.29) is 17.0 Å². The van der Waals surface area contributed by atoms with Crippen molar-refractivity contribution in [1.82, 2.24) is 0 Å². The summed E-state index contributed by atoms with van der Waals surface area (Å²) in [7, 11) is 0. The third-order valence-corrected chi connectivity index (χ3v) is 4.56. The summed E-state index contributed by atoms with van der Waals surface area (Å²) in [4.78, 5) is 12.6. The second-order valence-electron chi connectivity index (χ2n) is 5.58. The molecule has 0 radical (unpaired) electrons. The number of rotatable bonds is 4. The van der Waals surface area contributed by atoms with E-state index < -0.39 is 0 Å². The number of hydrogen-bond donors (Lipinski definition) is 1. The summed E-state index contributed by atoms with van der Waals surface area (Å²) in [5.74, 6) is 1.02. The van der Waals surface area contributed by atoms with E-state index in [0.717, 1.165) is 17.7 Å². The second kappa shape index (κ2) is 6.91. The lowest BCUT2D eigenvalue weighted by atomic mass is 10.1. The van der Waals surface area contributed by atoms with Crippen LogP contribution in [0.2, 0.25) is 10.0 Å². The quantitative estimate of drug-likeness (QED) is 0.831. The fourth-order valence-corrected chi connectivity index (χ4v) is 3.07. The highest BCUT2D eigenvalue weighted by Crippen LogP contribution is 2.38. The second-order valence-corrected chi connectivity index (χ2v) is 6.36. The van der Waals surface area contributed by atoms with Gasteiger partial charge in [-0.3, -0.25) is 4.79 Å². The SMILES string of the molecule is CCOc1cc2c(cc1NC(=O)c1cccc(Cl)c1Cl)O[C@H](C)C2. The molecule has 2 aromatic rings. The lowest BCUT2D eigenvalue weighted by Crippen LogP contribution is -2.14. The molecule has 1 heterocycles. The van der Waals surface area contributed by atoms with Crippen LogP contribution in [0.25, 0.3) is 0 Å². The van der Waals surface area contributed by atoms with Crippen LogP contribution >= 0.6 is 23.2 Å². The minimum Gasteiger partial charge on any atom is -0.492 e. The number of nitrogens with one attached hydrogen (secondary N) is 1. The molecular formula is C18H17Cl2NO3. The van der Waals surface area contributed by atoms with E-state index in [4.69, 9.17) is 32.7 Å². The van der Waals surface area contributed by atoms with Crippen LogP contribution in [0.4, 0.5) is 5.69 Å². The number of ether oxygens (including phenoxy) is 2. The molecular weight excluding hydrogens is 349 g/mol. The summed E-state index contributed by atoms with van der Waals surface area (Å²) >= 11 is 12.1. The van der Waals surface area contributed by atoms with Crippen LogP contribution < -0.4 is 14.8 Å². The number of hydrogen-bond acceptors (Lipinski definition) is 3. The molecule has 0 saturated heterocycles. The number of halogens is 2. The first-order chi connectivity index (χ1) is 11.5. The third kappa shape index (κ3) is 3.30. The highest BCUT2D eigenvalue weighted by Gasteiger charge is 2.23. The minimum atomic E-state index is -0.352. The Labute approximate surface area is 150 Å². The molecule has 126 valence electrons. The topological polar surface area (TPSA) is 47.6 Å². The minimum absolute atomic E-state index is 0.114. The van der Waals surface area contributed by atoms with Gasteiger partial charge in [-0.1, -0.05) is 29.3 Å². The van der Waals surface area contributed by atoms with Crippen LogP contribution in [-0.4, -0.2) is 18.6 Å². The maximum absolute atomic E-state index is 12.6. The van der Waals surface area contributed by atoms with Gasteiger partial charge in [0.25, 0.3) is 5.91 Å². The summed E-state index contributed by atoms with van der Waals surface area (Å²) in [6.07, 6.45) is 0.937. The fourth-order valence-electron chi connectivity index (χ4n) is 2.68. The molecule has 4 nitrogen and oxygen atoms in total. The molecule has 1 atom stereocenters. The normalized spacial score (nSPS) is 15.6.